The molecule has 8 heteroatoms. The number of piperidine rings is 1. The molecule has 23 heavy (non-hydrogen) atoms. The summed E-state index contributed by atoms with van der Waals surface area (Å²) in [6.45, 7) is 2.96. The molecule has 1 heterocycles. The van der Waals surface area contributed by atoms with Crippen LogP contribution in [-0.2, 0) is 14.9 Å². The molecular weight excluding hydrogens is 340 g/mol. The molecule has 1 fully saturated rings. The normalized spacial score (nSPS) is 19.6. The summed E-state index contributed by atoms with van der Waals surface area (Å²) < 4.78 is 27.1. The Labute approximate surface area is 142 Å². The number of nitrogens with zero attached hydrogens (tertiary/aromatic N) is 2. The standard InChI is InChI=1S/C15H21ClN2O4S/c1-11-5-4-8-18(10-11)23(20,21)14-9-12(6-7-13(14)16)15(19)17(2)22-3/h6-7,9,11H,4-5,8,10H2,1-3H3. The molecule has 1 amide bonds. The predicted octanol–water partition coefficient (Wildman–Crippen LogP) is 2.39. The smallest absolute Gasteiger partial charge is 0.274 e. The van der Waals surface area contributed by atoms with Crippen LogP contribution in [0.15, 0.2) is 23.1 Å². The van der Waals surface area contributed by atoms with Crippen molar-refractivity contribution in [2.24, 2.45) is 5.92 Å². The lowest BCUT2D eigenvalue weighted by molar-refractivity contribution is -0.0757. The van der Waals surface area contributed by atoms with Crippen LogP contribution in [0.3, 0.4) is 0 Å². The maximum Gasteiger partial charge on any atom is 0.277 e. The molecular formula is C15H21ClN2O4S. The monoisotopic (exact) mass is 360 g/mol. The molecule has 0 radical (unpaired) electrons. The van der Waals surface area contributed by atoms with Gasteiger partial charge in [0.15, 0.2) is 0 Å². The van der Waals surface area contributed by atoms with Crippen molar-refractivity contribution >= 4 is 27.5 Å². The summed E-state index contributed by atoms with van der Waals surface area (Å²) in [6, 6.07) is 4.23. The van der Waals surface area contributed by atoms with E-state index in [2.05, 4.69) is 0 Å². The van der Waals surface area contributed by atoms with Gasteiger partial charge in [0.2, 0.25) is 10.0 Å². The summed E-state index contributed by atoms with van der Waals surface area (Å²) in [5, 5.41) is 1.14. The third kappa shape index (κ3) is 3.85. The van der Waals surface area contributed by atoms with Crippen molar-refractivity contribution in [3.63, 3.8) is 0 Å². The van der Waals surface area contributed by atoms with Gasteiger partial charge in [0.05, 0.1) is 12.1 Å². The Bertz CT molecular complexity index is 693. The molecule has 1 atom stereocenters. The van der Waals surface area contributed by atoms with E-state index in [0.717, 1.165) is 17.9 Å². The highest BCUT2D eigenvalue weighted by Gasteiger charge is 2.31. The van der Waals surface area contributed by atoms with Crippen molar-refractivity contribution < 1.29 is 18.0 Å². The molecule has 1 saturated heterocycles. The first-order valence-corrected chi connectivity index (χ1v) is 9.21. The van der Waals surface area contributed by atoms with Crippen LogP contribution in [0.25, 0.3) is 0 Å². The van der Waals surface area contributed by atoms with E-state index in [1.807, 2.05) is 6.92 Å². The van der Waals surface area contributed by atoms with Gasteiger partial charge in [-0.05, 0) is 37.0 Å². The molecule has 6 nitrogen and oxygen atoms in total. The lowest BCUT2D eigenvalue weighted by Crippen LogP contribution is -2.39. The second-order valence-electron chi connectivity index (χ2n) is 5.74. The maximum atomic E-state index is 12.9. The Kier molecular flexibility index (Phi) is 5.67. The highest BCUT2D eigenvalue weighted by atomic mass is 35.5. The average Bonchev–Trinajstić information content (AvgIpc) is 2.53. The number of carbonyl (C=O) groups excluding carboxylic acids is 1. The van der Waals surface area contributed by atoms with E-state index >= 15 is 0 Å². The number of amides is 1. The number of benzene rings is 1. The van der Waals surface area contributed by atoms with Crippen LogP contribution < -0.4 is 0 Å². The van der Waals surface area contributed by atoms with Crippen LogP contribution in [0.4, 0.5) is 0 Å². The molecule has 0 aliphatic carbocycles. The Morgan fingerprint density at radius 3 is 2.74 bits per heavy atom. The lowest BCUT2D eigenvalue weighted by atomic mass is 10.0. The molecule has 1 aliphatic heterocycles. The highest BCUT2D eigenvalue weighted by Crippen LogP contribution is 2.29. The second kappa shape index (κ2) is 7.17. The van der Waals surface area contributed by atoms with E-state index in [-0.39, 0.29) is 15.5 Å². The summed E-state index contributed by atoms with van der Waals surface area (Å²) in [5.41, 5.74) is 0.211. The summed E-state index contributed by atoms with van der Waals surface area (Å²) >= 11 is 6.09. The Morgan fingerprint density at radius 2 is 2.13 bits per heavy atom. The third-order valence-electron chi connectivity index (χ3n) is 3.98. The SMILES string of the molecule is CON(C)C(=O)c1ccc(Cl)c(S(=O)(=O)N2CCCC(C)C2)c1. The number of carbonyl (C=O) groups is 1. The largest absolute Gasteiger partial charge is 0.277 e. The minimum absolute atomic E-state index is 0.0383. The molecule has 1 unspecified atom stereocenters. The topological polar surface area (TPSA) is 66.9 Å². The van der Waals surface area contributed by atoms with Gasteiger partial charge in [-0.15, -0.1) is 0 Å². The highest BCUT2D eigenvalue weighted by molar-refractivity contribution is 7.89. The van der Waals surface area contributed by atoms with Gasteiger partial charge >= 0.3 is 0 Å². The van der Waals surface area contributed by atoms with E-state index in [9.17, 15) is 13.2 Å². The molecule has 128 valence electrons. The van der Waals surface area contributed by atoms with E-state index < -0.39 is 15.9 Å². The first-order valence-electron chi connectivity index (χ1n) is 7.39. The molecule has 0 aromatic heterocycles. The summed E-state index contributed by atoms with van der Waals surface area (Å²) in [4.78, 5) is 16.9. The van der Waals surface area contributed by atoms with Crippen LogP contribution in [0, 0.1) is 5.92 Å². The number of rotatable bonds is 4. The quantitative estimate of drug-likeness (QED) is 0.773. The number of hydrogen-bond donors (Lipinski definition) is 0. The minimum atomic E-state index is -3.72. The zero-order valence-corrected chi connectivity index (χ0v) is 15.0. The molecule has 1 aromatic rings. The third-order valence-corrected chi connectivity index (χ3v) is 6.32. The van der Waals surface area contributed by atoms with Crippen molar-refractivity contribution in [2.45, 2.75) is 24.7 Å². The first kappa shape index (κ1) is 18.2. The molecule has 1 aromatic carbocycles. The van der Waals surface area contributed by atoms with E-state index in [4.69, 9.17) is 16.4 Å². The minimum Gasteiger partial charge on any atom is -0.274 e. The van der Waals surface area contributed by atoms with Crippen LogP contribution in [0.5, 0.6) is 0 Å². The van der Waals surface area contributed by atoms with Gasteiger partial charge in [0.1, 0.15) is 4.90 Å². The van der Waals surface area contributed by atoms with Crippen molar-refractivity contribution in [3.8, 4) is 0 Å². The molecule has 0 saturated carbocycles. The number of hydrogen-bond acceptors (Lipinski definition) is 4. The van der Waals surface area contributed by atoms with E-state index in [0.29, 0.717) is 19.0 Å². The lowest BCUT2D eigenvalue weighted by Gasteiger charge is -2.30. The zero-order chi connectivity index (χ0) is 17.2. The fourth-order valence-corrected chi connectivity index (χ4v) is 4.70. The van der Waals surface area contributed by atoms with Crippen molar-refractivity contribution in [3.05, 3.63) is 28.8 Å². The van der Waals surface area contributed by atoms with Crippen molar-refractivity contribution in [1.29, 1.82) is 0 Å². The van der Waals surface area contributed by atoms with Gasteiger partial charge < -0.3 is 0 Å². The molecule has 2 rings (SSSR count). The van der Waals surface area contributed by atoms with E-state index in [1.165, 1.54) is 36.7 Å². The Balaban J connectivity index is 2.40. The summed E-state index contributed by atoms with van der Waals surface area (Å²) in [6.07, 6.45) is 1.83. The van der Waals surface area contributed by atoms with E-state index in [1.54, 1.807) is 0 Å². The van der Waals surface area contributed by atoms with Crippen LogP contribution in [0.2, 0.25) is 5.02 Å². The summed E-state index contributed by atoms with van der Waals surface area (Å²) in [5.74, 6) is -0.130. The zero-order valence-electron chi connectivity index (χ0n) is 13.5. The van der Waals surface area contributed by atoms with Gasteiger partial charge in [0, 0.05) is 25.7 Å². The van der Waals surface area contributed by atoms with Gasteiger partial charge in [-0.1, -0.05) is 18.5 Å². The van der Waals surface area contributed by atoms with Crippen molar-refractivity contribution in [1.82, 2.24) is 9.37 Å². The average molecular weight is 361 g/mol. The van der Waals surface area contributed by atoms with Crippen LogP contribution >= 0.6 is 11.6 Å². The molecule has 1 aliphatic rings. The second-order valence-corrected chi connectivity index (χ2v) is 8.05. The summed E-state index contributed by atoms with van der Waals surface area (Å²) in [7, 11) is -0.907. The molecule has 0 spiro atoms. The van der Waals surface area contributed by atoms with Crippen LogP contribution in [-0.4, -0.2) is 50.9 Å². The molecule has 0 N–H and O–H groups in total. The van der Waals surface area contributed by atoms with Crippen molar-refractivity contribution in [2.75, 3.05) is 27.2 Å². The first-order chi connectivity index (χ1) is 10.8. The Morgan fingerprint density at radius 1 is 1.43 bits per heavy atom. The van der Waals surface area contributed by atoms with Gasteiger partial charge in [-0.25, -0.2) is 13.5 Å². The fourth-order valence-electron chi connectivity index (χ4n) is 2.60. The van der Waals surface area contributed by atoms with Crippen LogP contribution in [0.1, 0.15) is 30.1 Å². The van der Waals surface area contributed by atoms with Gasteiger partial charge in [-0.3, -0.25) is 9.63 Å². The van der Waals surface area contributed by atoms with Gasteiger partial charge in [-0.2, -0.15) is 4.31 Å². The maximum absolute atomic E-state index is 12.9. The Hall–Kier alpha value is -1.15. The number of hydroxylamine groups is 2. The number of sulfonamides is 1. The van der Waals surface area contributed by atoms with Gasteiger partial charge in [0.25, 0.3) is 5.91 Å². The fraction of sp³-hybridized carbons (Fsp3) is 0.533. The number of halogens is 1. The molecule has 0 bridgehead atoms. The predicted molar refractivity (Wildman–Crippen MR) is 87.7 cm³/mol.